The van der Waals surface area contributed by atoms with Crippen molar-refractivity contribution >= 4 is 16.1 Å². The summed E-state index contributed by atoms with van der Waals surface area (Å²) < 4.78 is 39.2. The van der Waals surface area contributed by atoms with Gasteiger partial charge in [0, 0.05) is 43.0 Å². The van der Waals surface area contributed by atoms with E-state index in [1.54, 1.807) is 12.5 Å². The predicted octanol–water partition coefficient (Wildman–Crippen LogP) is 1.74. The summed E-state index contributed by atoms with van der Waals surface area (Å²) >= 11 is 0. The third kappa shape index (κ3) is 10.3. The second-order valence-corrected chi connectivity index (χ2v) is 8.87. The van der Waals surface area contributed by atoms with Gasteiger partial charge in [-0.15, -0.1) is 0 Å². The number of hydrogen-bond acceptors (Lipinski definition) is 8. The van der Waals surface area contributed by atoms with Crippen molar-refractivity contribution in [2.24, 2.45) is 17.0 Å². The largest absolute Gasteiger partial charge is 0.492 e. The zero-order valence-corrected chi connectivity index (χ0v) is 19.0. The second kappa shape index (κ2) is 12.1. The highest BCUT2D eigenvalue weighted by molar-refractivity contribution is 7.79. The average molecular weight is 483 g/mol. The summed E-state index contributed by atoms with van der Waals surface area (Å²) in [4.78, 5) is 9.43. The summed E-state index contributed by atoms with van der Waals surface area (Å²) in [7, 11) is -4.67. The van der Waals surface area contributed by atoms with Gasteiger partial charge in [0.1, 0.15) is 25.1 Å². The first-order valence-electron chi connectivity index (χ1n) is 10.8. The molecule has 0 saturated heterocycles. The minimum absolute atomic E-state index is 0.229. The van der Waals surface area contributed by atoms with Crippen LogP contribution in [0.1, 0.15) is 25.7 Å². The average Bonchev–Trinajstić information content (AvgIpc) is 3.70. The zero-order valence-electron chi connectivity index (χ0n) is 18.2. The van der Waals surface area contributed by atoms with Crippen LogP contribution in [0.2, 0.25) is 0 Å². The number of aromatic nitrogens is 2. The third-order valence-electron chi connectivity index (χ3n) is 4.99. The lowest BCUT2D eigenvalue weighted by Gasteiger charge is -2.12. The molecule has 2 aromatic rings. The van der Waals surface area contributed by atoms with Crippen molar-refractivity contribution in [1.82, 2.24) is 14.9 Å². The number of nitrogens with one attached hydrogen (secondary N) is 1. The van der Waals surface area contributed by atoms with Gasteiger partial charge in [-0.1, -0.05) is 5.16 Å². The van der Waals surface area contributed by atoms with E-state index in [-0.39, 0.29) is 6.61 Å². The molecule has 0 radical (unpaired) electrons. The minimum Gasteiger partial charge on any atom is -0.492 e. The van der Waals surface area contributed by atoms with Crippen LogP contribution in [-0.2, 0) is 15.2 Å². The normalized spacial score (nSPS) is 16.3. The molecule has 0 amide bonds. The van der Waals surface area contributed by atoms with E-state index < -0.39 is 16.5 Å². The topological polar surface area (TPSA) is 156 Å². The fourth-order valence-corrected chi connectivity index (χ4v) is 3.13. The molecule has 1 unspecified atom stereocenters. The highest BCUT2D eigenvalue weighted by Crippen LogP contribution is 2.42. The summed E-state index contributed by atoms with van der Waals surface area (Å²) in [6, 6.07) is 7.86. The van der Waals surface area contributed by atoms with Crippen LogP contribution in [0.25, 0.3) is 5.69 Å². The van der Waals surface area contributed by atoms with Gasteiger partial charge in [0.15, 0.2) is 0 Å². The van der Waals surface area contributed by atoms with Gasteiger partial charge < -0.3 is 24.6 Å². The van der Waals surface area contributed by atoms with Crippen molar-refractivity contribution in [3.8, 4) is 11.4 Å². The third-order valence-corrected chi connectivity index (χ3v) is 4.99. The van der Waals surface area contributed by atoms with E-state index >= 15 is 0 Å². The van der Waals surface area contributed by atoms with Crippen molar-refractivity contribution in [3.63, 3.8) is 0 Å². The Balaban J connectivity index is 0.000000555. The van der Waals surface area contributed by atoms with E-state index in [2.05, 4.69) is 15.5 Å². The van der Waals surface area contributed by atoms with E-state index in [1.165, 1.54) is 31.4 Å². The molecular weight excluding hydrogens is 452 g/mol. The highest BCUT2D eigenvalue weighted by atomic mass is 32.3. The van der Waals surface area contributed by atoms with Crippen LogP contribution in [0, 0.1) is 11.8 Å². The lowest BCUT2D eigenvalue weighted by molar-refractivity contribution is 0.0393. The van der Waals surface area contributed by atoms with Crippen LogP contribution in [0.5, 0.6) is 5.75 Å². The number of rotatable bonds is 12. The number of benzene rings is 1. The second-order valence-electron chi connectivity index (χ2n) is 7.98. The molecular formula is C21H30N4O7S. The van der Waals surface area contributed by atoms with Crippen LogP contribution in [0.4, 0.5) is 0 Å². The maximum atomic E-state index is 10.0. The molecule has 11 nitrogen and oxygen atoms in total. The Morgan fingerprint density at radius 1 is 1.18 bits per heavy atom. The van der Waals surface area contributed by atoms with Gasteiger partial charge in [-0.3, -0.25) is 9.11 Å². The maximum absolute atomic E-state index is 10.0. The van der Waals surface area contributed by atoms with Crippen LogP contribution < -0.4 is 10.1 Å². The molecule has 0 bridgehead atoms. The van der Waals surface area contributed by atoms with Crippen molar-refractivity contribution in [1.29, 1.82) is 0 Å². The fourth-order valence-electron chi connectivity index (χ4n) is 3.13. The Morgan fingerprint density at radius 2 is 1.82 bits per heavy atom. The number of hydrogen-bond donors (Lipinski definition) is 4. The molecule has 4 rings (SSSR count). The molecule has 0 spiro atoms. The molecule has 1 atom stereocenters. The van der Waals surface area contributed by atoms with Gasteiger partial charge in [-0.05, 0) is 49.9 Å². The smallest absolute Gasteiger partial charge is 0.394 e. The Morgan fingerprint density at radius 3 is 2.36 bits per heavy atom. The van der Waals surface area contributed by atoms with Crippen LogP contribution in [-0.4, -0.2) is 70.3 Å². The molecule has 33 heavy (non-hydrogen) atoms. The summed E-state index contributed by atoms with van der Waals surface area (Å²) in [5, 5.41) is 17.5. The SMILES string of the molecule is O=S(=O)(O)O.OC(CNCCOc1ccc(-n2ccnc2)cc1)CON=C(C1CC1)C1CC1. The quantitative estimate of drug-likeness (QED) is 0.153. The van der Waals surface area contributed by atoms with Crippen molar-refractivity contribution < 1.29 is 32.2 Å². The minimum atomic E-state index is -4.67. The monoisotopic (exact) mass is 482 g/mol. The first-order valence-corrected chi connectivity index (χ1v) is 12.2. The fraction of sp³-hybridized carbons (Fsp3) is 0.524. The Hall–Kier alpha value is -2.51. The van der Waals surface area contributed by atoms with Crippen LogP contribution >= 0.6 is 0 Å². The molecule has 4 N–H and O–H groups in total. The van der Waals surface area contributed by atoms with E-state index in [4.69, 9.17) is 27.1 Å². The summed E-state index contributed by atoms with van der Waals surface area (Å²) in [6.07, 6.45) is 9.82. The number of oxime groups is 1. The van der Waals surface area contributed by atoms with Crippen LogP contribution in [0.3, 0.4) is 0 Å². The lowest BCUT2D eigenvalue weighted by Crippen LogP contribution is -2.32. The lowest BCUT2D eigenvalue weighted by atomic mass is 10.2. The maximum Gasteiger partial charge on any atom is 0.394 e. The first-order chi connectivity index (χ1) is 15.8. The summed E-state index contributed by atoms with van der Waals surface area (Å²) in [5.74, 6) is 2.11. The van der Waals surface area contributed by atoms with E-state index in [1.807, 2.05) is 35.0 Å². The van der Waals surface area contributed by atoms with Gasteiger partial charge in [0.25, 0.3) is 0 Å². The molecule has 2 fully saturated rings. The number of aliphatic hydroxyl groups is 1. The van der Waals surface area contributed by atoms with Crippen molar-refractivity contribution in [3.05, 3.63) is 43.0 Å². The standard InChI is InChI=1S/C21H28N4O3.H2O4S/c26-19(14-28-24-21(16-1-2-16)17-3-4-17)13-22-10-12-27-20-7-5-18(6-8-20)25-11-9-23-15-25;1-5(2,3)4/h5-9,11,15-17,19,22,26H,1-4,10,12-14H2;(H2,1,2,3,4). The molecule has 12 heteroatoms. The molecule has 0 aliphatic heterocycles. The number of imidazole rings is 1. The van der Waals surface area contributed by atoms with Gasteiger partial charge in [0.05, 0.1) is 12.0 Å². The zero-order chi connectivity index (χ0) is 23.7. The molecule has 2 aliphatic rings. The van der Waals surface area contributed by atoms with E-state index in [0.29, 0.717) is 31.5 Å². The Bertz CT molecular complexity index is 951. The first kappa shape index (κ1) is 25.1. The molecule has 1 aromatic heterocycles. The Kier molecular flexibility index (Phi) is 9.21. The number of nitrogens with zero attached hydrogens (tertiary/aromatic N) is 3. The van der Waals surface area contributed by atoms with E-state index in [9.17, 15) is 5.11 Å². The predicted molar refractivity (Wildman–Crippen MR) is 121 cm³/mol. The van der Waals surface area contributed by atoms with Gasteiger partial charge >= 0.3 is 10.4 Å². The van der Waals surface area contributed by atoms with Gasteiger partial charge in [-0.2, -0.15) is 8.42 Å². The van der Waals surface area contributed by atoms with Gasteiger partial charge in [0.2, 0.25) is 0 Å². The summed E-state index contributed by atoms with van der Waals surface area (Å²) in [6.45, 7) is 1.87. The molecule has 1 aromatic carbocycles. The molecule has 1 heterocycles. The Labute approximate surface area is 193 Å². The number of ether oxygens (including phenoxy) is 1. The van der Waals surface area contributed by atoms with Crippen LogP contribution in [0.15, 0.2) is 48.1 Å². The molecule has 182 valence electrons. The highest BCUT2D eigenvalue weighted by Gasteiger charge is 2.38. The van der Waals surface area contributed by atoms with Gasteiger partial charge in [-0.25, -0.2) is 4.98 Å². The van der Waals surface area contributed by atoms with Crippen molar-refractivity contribution in [2.45, 2.75) is 31.8 Å². The summed E-state index contributed by atoms with van der Waals surface area (Å²) in [5.41, 5.74) is 2.27. The molecule has 2 aliphatic carbocycles. The van der Waals surface area contributed by atoms with Crippen molar-refractivity contribution in [2.75, 3.05) is 26.3 Å². The van der Waals surface area contributed by atoms with E-state index in [0.717, 1.165) is 11.4 Å². The number of aliphatic hydroxyl groups excluding tert-OH is 1. The molecule has 2 saturated carbocycles.